The van der Waals surface area contributed by atoms with Crippen LogP contribution < -0.4 is 4.90 Å². The first kappa shape index (κ1) is 13.9. The highest BCUT2D eigenvalue weighted by Gasteiger charge is 2.14. The third-order valence-electron chi connectivity index (χ3n) is 4.72. The Balaban J connectivity index is 1.48. The lowest BCUT2D eigenvalue weighted by molar-refractivity contribution is 0.155. The van der Waals surface area contributed by atoms with Crippen molar-refractivity contribution >= 4 is 5.69 Å². The SMILES string of the molecule is CN1CCN(CCc2ccc(N3CCCC3)cc2)CC1. The molecule has 2 fully saturated rings. The number of nitrogens with zero attached hydrogens (tertiary/aromatic N) is 3. The van der Waals surface area contributed by atoms with E-state index in [2.05, 4.69) is 46.0 Å². The molecule has 0 saturated carbocycles. The van der Waals surface area contributed by atoms with E-state index in [1.807, 2.05) is 0 Å². The van der Waals surface area contributed by atoms with Crippen molar-refractivity contribution in [3.8, 4) is 0 Å². The molecule has 0 aromatic heterocycles. The maximum Gasteiger partial charge on any atom is 0.0366 e. The van der Waals surface area contributed by atoms with Crippen LogP contribution in [-0.4, -0.2) is 62.7 Å². The first-order valence-corrected chi connectivity index (χ1v) is 8.06. The zero-order valence-corrected chi connectivity index (χ0v) is 12.7. The summed E-state index contributed by atoms with van der Waals surface area (Å²) in [5.74, 6) is 0. The molecule has 2 aliphatic heterocycles. The van der Waals surface area contributed by atoms with Gasteiger partial charge < -0.3 is 14.7 Å². The monoisotopic (exact) mass is 273 g/mol. The second-order valence-corrected chi connectivity index (χ2v) is 6.26. The summed E-state index contributed by atoms with van der Waals surface area (Å²) in [6.07, 6.45) is 3.89. The van der Waals surface area contributed by atoms with Crippen LogP contribution in [0.3, 0.4) is 0 Å². The van der Waals surface area contributed by atoms with Crippen LogP contribution in [0.15, 0.2) is 24.3 Å². The molecule has 0 spiro atoms. The average molecular weight is 273 g/mol. The third kappa shape index (κ3) is 3.53. The Hall–Kier alpha value is -1.06. The van der Waals surface area contributed by atoms with Gasteiger partial charge in [0.2, 0.25) is 0 Å². The van der Waals surface area contributed by atoms with Gasteiger partial charge in [-0.05, 0) is 44.0 Å². The molecule has 0 amide bonds. The molecule has 3 rings (SSSR count). The van der Waals surface area contributed by atoms with Crippen molar-refractivity contribution in [1.82, 2.24) is 9.80 Å². The lowest BCUT2D eigenvalue weighted by Crippen LogP contribution is -2.45. The highest BCUT2D eigenvalue weighted by molar-refractivity contribution is 5.48. The van der Waals surface area contributed by atoms with Crippen LogP contribution in [0.4, 0.5) is 5.69 Å². The van der Waals surface area contributed by atoms with Gasteiger partial charge in [-0.1, -0.05) is 12.1 Å². The van der Waals surface area contributed by atoms with E-state index in [9.17, 15) is 0 Å². The molecule has 1 aromatic carbocycles. The Morgan fingerprint density at radius 1 is 0.850 bits per heavy atom. The maximum atomic E-state index is 2.59. The summed E-state index contributed by atoms with van der Waals surface area (Å²) in [6.45, 7) is 8.56. The molecule has 0 unspecified atom stereocenters. The van der Waals surface area contributed by atoms with E-state index in [4.69, 9.17) is 0 Å². The Morgan fingerprint density at radius 2 is 1.50 bits per heavy atom. The van der Waals surface area contributed by atoms with E-state index in [1.54, 1.807) is 0 Å². The van der Waals surface area contributed by atoms with Crippen LogP contribution >= 0.6 is 0 Å². The van der Waals surface area contributed by atoms with Gasteiger partial charge in [0.15, 0.2) is 0 Å². The van der Waals surface area contributed by atoms with Gasteiger partial charge in [0.1, 0.15) is 0 Å². The van der Waals surface area contributed by atoms with Gasteiger partial charge in [-0.2, -0.15) is 0 Å². The number of hydrogen-bond acceptors (Lipinski definition) is 3. The summed E-state index contributed by atoms with van der Waals surface area (Å²) in [5, 5.41) is 0. The molecule has 20 heavy (non-hydrogen) atoms. The van der Waals surface area contributed by atoms with E-state index in [-0.39, 0.29) is 0 Å². The van der Waals surface area contributed by atoms with Gasteiger partial charge in [-0.15, -0.1) is 0 Å². The lowest BCUT2D eigenvalue weighted by Gasteiger charge is -2.32. The van der Waals surface area contributed by atoms with Crippen LogP contribution in [0.1, 0.15) is 18.4 Å². The lowest BCUT2D eigenvalue weighted by atomic mass is 10.1. The molecule has 110 valence electrons. The normalized spacial score (nSPS) is 21.6. The van der Waals surface area contributed by atoms with Gasteiger partial charge in [-0.25, -0.2) is 0 Å². The third-order valence-corrected chi connectivity index (χ3v) is 4.72. The first-order valence-electron chi connectivity index (χ1n) is 8.06. The molecule has 0 radical (unpaired) electrons. The summed E-state index contributed by atoms with van der Waals surface area (Å²) < 4.78 is 0. The molecule has 2 heterocycles. The minimum Gasteiger partial charge on any atom is -0.372 e. The molecular weight excluding hydrogens is 246 g/mol. The standard InChI is InChI=1S/C17H27N3/c1-18-12-14-19(15-13-18)11-8-16-4-6-17(7-5-16)20-9-2-3-10-20/h4-7H,2-3,8-15H2,1H3. The van der Waals surface area contributed by atoms with E-state index in [0.29, 0.717) is 0 Å². The number of piperazine rings is 1. The van der Waals surface area contributed by atoms with Crippen LogP contribution in [0.2, 0.25) is 0 Å². The van der Waals surface area contributed by atoms with Gasteiger partial charge >= 0.3 is 0 Å². The van der Waals surface area contributed by atoms with Gasteiger partial charge in [0.25, 0.3) is 0 Å². The Morgan fingerprint density at radius 3 is 2.15 bits per heavy atom. The summed E-state index contributed by atoms with van der Waals surface area (Å²) >= 11 is 0. The van der Waals surface area contributed by atoms with E-state index < -0.39 is 0 Å². The maximum absolute atomic E-state index is 2.59. The number of anilines is 1. The smallest absolute Gasteiger partial charge is 0.0366 e. The fourth-order valence-corrected chi connectivity index (χ4v) is 3.21. The number of benzene rings is 1. The summed E-state index contributed by atoms with van der Waals surface area (Å²) in [6, 6.07) is 9.27. The second kappa shape index (κ2) is 6.59. The zero-order valence-electron chi connectivity index (χ0n) is 12.7. The molecule has 0 aliphatic carbocycles. The van der Waals surface area contributed by atoms with Crippen molar-refractivity contribution in [3.63, 3.8) is 0 Å². The Labute approximate surface area is 123 Å². The van der Waals surface area contributed by atoms with E-state index in [0.717, 1.165) is 0 Å². The first-order chi connectivity index (χ1) is 9.81. The summed E-state index contributed by atoms with van der Waals surface area (Å²) in [7, 11) is 2.22. The molecule has 0 N–H and O–H groups in total. The number of rotatable bonds is 4. The molecule has 3 heteroatoms. The average Bonchev–Trinajstić information content (AvgIpc) is 3.01. The van der Waals surface area contributed by atoms with Gasteiger partial charge in [0, 0.05) is 51.5 Å². The highest BCUT2D eigenvalue weighted by atomic mass is 15.2. The topological polar surface area (TPSA) is 9.72 Å². The van der Waals surface area contributed by atoms with Crippen LogP contribution in [0.25, 0.3) is 0 Å². The predicted molar refractivity (Wildman–Crippen MR) is 85.5 cm³/mol. The molecule has 2 aliphatic rings. The Bertz CT molecular complexity index is 401. The second-order valence-electron chi connectivity index (χ2n) is 6.26. The molecule has 0 atom stereocenters. The molecule has 1 aromatic rings. The highest BCUT2D eigenvalue weighted by Crippen LogP contribution is 2.20. The molecule has 3 nitrogen and oxygen atoms in total. The molecular formula is C17H27N3. The number of hydrogen-bond donors (Lipinski definition) is 0. The van der Waals surface area contributed by atoms with E-state index >= 15 is 0 Å². The minimum atomic E-state index is 1.18. The Kier molecular flexibility index (Phi) is 4.58. The van der Waals surface area contributed by atoms with Crippen molar-refractivity contribution in [2.24, 2.45) is 0 Å². The number of likely N-dealkylation sites (N-methyl/N-ethyl adjacent to an activating group) is 1. The van der Waals surface area contributed by atoms with Crippen LogP contribution in [0.5, 0.6) is 0 Å². The van der Waals surface area contributed by atoms with Crippen LogP contribution in [0, 0.1) is 0 Å². The van der Waals surface area contributed by atoms with Gasteiger partial charge in [-0.3, -0.25) is 0 Å². The fraction of sp³-hybridized carbons (Fsp3) is 0.647. The van der Waals surface area contributed by atoms with Crippen molar-refractivity contribution < 1.29 is 0 Å². The zero-order chi connectivity index (χ0) is 13.8. The predicted octanol–water partition coefficient (Wildman–Crippen LogP) is 2.08. The van der Waals surface area contributed by atoms with Crippen LogP contribution in [-0.2, 0) is 6.42 Å². The fourth-order valence-electron chi connectivity index (χ4n) is 3.21. The quantitative estimate of drug-likeness (QED) is 0.831. The van der Waals surface area contributed by atoms with Crippen molar-refractivity contribution in [2.75, 3.05) is 57.8 Å². The molecule has 0 bridgehead atoms. The summed E-state index contributed by atoms with van der Waals surface area (Å²) in [5.41, 5.74) is 2.89. The summed E-state index contributed by atoms with van der Waals surface area (Å²) in [4.78, 5) is 7.51. The van der Waals surface area contributed by atoms with Gasteiger partial charge in [0.05, 0.1) is 0 Å². The van der Waals surface area contributed by atoms with E-state index in [1.165, 1.54) is 76.3 Å². The van der Waals surface area contributed by atoms with Crippen molar-refractivity contribution in [3.05, 3.63) is 29.8 Å². The molecule has 2 saturated heterocycles. The minimum absolute atomic E-state index is 1.18. The van der Waals surface area contributed by atoms with Crippen molar-refractivity contribution in [2.45, 2.75) is 19.3 Å². The largest absolute Gasteiger partial charge is 0.372 e. The van der Waals surface area contributed by atoms with Crippen molar-refractivity contribution in [1.29, 1.82) is 0 Å².